The number of carbonyl (C=O) groups excluding carboxylic acids is 1. The molecule has 0 aliphatic heterocycles. The Hall–Kier alpha value is -1.86. The predicted octanol–water partition coefficient (Wildman–Crippen LogP) is 2.45. The number of benzene rings is 1. The smallest absolute Gasteiger partial charge is 0.292 e. The van der Waals surface area contributed by atoms with Gasteiger partial charge in [-0.2, -0.15) is 0 Å². The topological polar surface area (TPSA) is 110 Å². The normalized spacial score (nSPS) is 19.9. The van der Waals surface area contributed by atoms with Gasteiger partial charge in [0.2, 0.25) is 5.91 Å². The molecular formula is C16H25ClN4O3. The van der Waals surface area contributed by atoms with E-state index in [1.54, 1.807) is 18.2 Å². The van der Waals surface area contributed by atoms with Crippen LogP contribution in [0.15, 0.2) is 24.3 Å². The third-order valence-corrected chi connectivity index (χ3v) is 4.33. The molecule has 2 rings (SSSR count). The average Bonchev–Trinajstić information content (AvgIpc) is 2.55. The first-order valence-electron chi connectivity index (χ1n) is 8.08. The maximum absolute atomic E-state index is 12.1. The zero-order valence-corrected chi connectivity index (χ0v) is 14.4. The highest BCUT2D eigenvalue weighted by atomic mass is 35.5. The molecule has 1 fully saturated rings. The van der Waals surface area contributed by atoms with E-state index in [9.17, 15) is 14.9 Å². The third-order valence-electron chi connectivity index (χ3n) is 4.33. The van der Waals surface area contributed by atoms with Gasteiger partial charge in [-0.25, -0.2) is 0 Å². The first-order chi connectivity index (χ1) is 11.1. The molecule has 0 heterocycles. The molecule has 1 aliphatic rings. The molecule has 0 bridgehead atoms. The van der Waals surface area contributed by atoms with E-state index in [4.69, 9.17) is 5.73 Å². The lowest BCUT2D eigenvalue weighted by Crippen LogP contribution is -2.45. The zero-order valence-electron chi connectivity index (χ0n) is 13.6. The number of carbonyl (C=O) groups is 1. The minimum atomic E-state index is -0.434. The number of nitro benzene ring substituents is 1. The van der Waals surface area contributed by atoms with Crippen molar-refractivity contribution in [2.45, 2.75) is 38.1 Å². The van der Waals surface area contributed by atoms with Gasteiger partial charge in [-0.15, -0.1) is 12.4 Å². The first-order valence-corrected chi connectivity index (χ1v) is 8.08. The van der Waals surface area contributed by atoms with Gasteiger partial charge in [0.05, 0.1) is 4.92 Å². The summed E-state index contributed by atoms with van der Waals surface area (Å²) in [6.07, 6.45) is 4.62. The van der Waals surface area contributed by atoms with Crippen LogP contribution in [-0.2, 0) is 4.79 Å². The van der Waals surface area contributed by atoms with Crippen molar-refractivity contribution >= 4 is 29.7 Å². The number of anilines is 1. The van der Waals surface area contributed by atoms with E-state index in [1.807, 2.05) is 0 Å². The second-order valence-electron chi connectivity index (χ2n) is 5.91. The maximum atomic E-state index is 12.1. The number of nitrogens with two attached hydrogens (primary N) is 1. The number of rotatable bonds is 7. The number of amides is 1. The fourth-order valence-corrected chi connectivity index (χ4v) is 3.05. The summed E-state index contributed by atoms with van der Waals surface area (Å²) in [6.45, 7) is 0.954. The minimum absolute atomic E-state index is 0. The zero-order chi connectivity index (χ0) is 16.7. The fraction of sp³-hybridized carbons (Fsp3) is 0.562. The summed E-state index contributed by atoms with van der Waals surface area (Å²) in [7, 11) is 0. The summed E-state index contributed by atoms with van der Waals surface area (Å²) >= 11 is 0. The van der Waals surface area contributed by atoms with Crippen molar-refractivity contribution in [2.75, 3.05) is 18.4 Å². The third kappa shape index (κ3) is 5.65. The van der Waals surface area contributed by atoms with Crippen LogP contribution in [0.5, 0.6) is 0 Å². The first kappa shape index (κ1) is 20.2. The molecule has 7 nitrogen and oxygen atoms in total. The second kappa shape index (κ2) is 10.1. The summed E-state index contributed by atoms with van der Waals surface area (Å²) in [6, 6.07) is 6.58. The van der Waals surface area contributed by atoms with Crippen LogP contribution in [0.3, 0.4) is 0 Å². The van der Waals surface area contributed by atoms with Gasteiger partial charge < -0.3 is 16.4 Å². The number of halogens is 1. The number of hydrogen-bond acceptors (Lipinski definition) is 5. The summed E-state index contributed by atoms with van der Waals surface area (Å²) in [5.74, 6) is 0.317. The molecule has 0 spiro atoms. The largest absolute Gasteiger partial charge is 0.379 e. The van der Waals surface area contributed by atoms with Gasteiger partial charge in [-0.05, 0) is 31.4 Å². The molecule has 4 N–H and O–H groups in total. The highest BCUT2D eigenvalue weighted by Crippen LogP contribution is 2.24. The van der Waals surface area contributed by atoms with Crippen molar-refractivity contribution in [3.63, 3.8) is 0 Å². The van der Waals surface area contributed by atoms with Crippen LogP contribution >= 0.6 is 12.4 Å². The van der Waals surface area contributed by atoms with Crippen LogP contribution < -0.4 is 16.4 Å². The molecule has 0 saturated heterocycles. The van der Waals surface area contributed by atoms with E-state index in [-0.39, 0.29) is 36.5 Å². The predicted molar refractivity (Wildman–Crippen MR) is 96.4 cm³/mol. The summed E-state index contributed by atoms with van der Waals surface area (Å²) in [5, 5.41) is 16.9. The molecule has 1 aliphatic carbocycles. The quantitative estimate of drug-likeness (QED) is 0.513. The van der Waals surface area contributed by atoms with Crippen LogP contribution in [0.2, 0.25) is 0 Å². The van der Waals surface area contributed by atoms with Gasteiger partial charge in [-0.3, -0.25) is 14.9 Å². The standard InChI is InChI=1S/C16H24N4O3.ClH/c17-11-12-5-1-2-6-13(12)19-16(21)9-10-18-14-7-3-4-8-15(14)20(22)23;/h3-4,7-8,12-13,18H,1-2,5-6,9-11,17H2,(H,19,21);1H. The lowest BCUT2D eigenvalue weighted by molar-refractivity contribution is -0.384. The molecule has 2 unspecified atom stereocenters. The number of nitrogens with one attached hydrogen (secondary N) is 2. The molecule has 0 aromatic heterocycles. The van der Waals surface area contributed by atoms with E-state index in [0.29, 0.717) is 24.7 Å². The maximum Gasteiger partial charge on any atom is 0.292 e. The van der Waals surface area contributed by atoms with Crippen LogP contribution in [-0.4, -0.2) is 30.0 Å². The van der Waals surface area contributed by atoms with Crippen LogP contribution in [0.4, 0.5) is 11.4 Å². The monoisotopic (exact) mass is 356 g/mol. The lowest BCUT2D eigenvalue weighted by atomic mass is 9.84. The molecule has 2 atom stereocenters. The van der Waals surface area contributed by atoms with Crippen molar-refractivity contribution in [1.29, 1.82) is 0 Å². The van der Waals surface area contributed by atoms with Crippen molar-refractivity contribution in [1.82, 2.24) is 5.32 Å². The molecule has 1 aromatic rings. The Bertz CT molecular complexity index is 556. The summed E-state index contributed by atoms with van der Waals surface area (Å²) in [4.78, 5) is 22.5. The van der Waals surface area contributed by atoms with Crippen molar-refractivity contribution < 1.29 is 9.72 Å². The van der Waals surface area contributed by atoms with Crippen molar-refractivity contribution in [2.24, 2.45) is 11.7 Å². The van der Waals surface area contributed by atoms with Gasteiger partial charge in [0.25, 0.3) is 5.69 Å². The molecule has 1 amide bonds. The molecule has 24 heavy (non-hydrogen) atoms. The highest BCUT2D eigenvalue weighted by Gasteiger charge is 2.25. The Balaban J connectivity index is 0.00000288. The SMILES string of the molecule is Cl.NCC1CCCCC1NC(=O)CCNc1ccccc1[N+](=O)[O-]. The van der Waals surface area contributed by atoms with Gasteiger partial charge in [0.15, 0.2) is 0 Å². The molecule has 1 aromatic carbocycles. The second-order valence-corrected chi connectivity index (χ2v) is 5.91. The summed E-state index contributed by atoms with van der Waals surface area (Å²) in [5.41, 5.74) is 6.21. The van der Waals surface area contributed by atoms with Crippen LogP contribution in [0.1, 0.15) is 32.1 Å². The van der Waals surface area contributed by atoms with Crippen LogP contribution in [0.25, 0.3) is 0 Å². The van der Waals surface area contributed by atoms with E-state index in [2.05, 4.69) is 10.6 Å². The van der Waals surface area contributed by atoms with Gasteiger partial charge in [-0.1, -0.05) is 25.0 Å². The van der Waals surface area contributed by atoms with Gasteiger partial charge >= 0.3 is 0 Å². The number of nitro groups is 1. The summed E-state index contributed by atoms with van der Waals surface area (Å²) < 4.78 is 0. The van der Waals surface area contributed by atoms with Crippen molar-refractivity contribution in [3.05, 3.63) is 34.4 Å². The fourth-order valence-electron chi connectivity index (χ4n) is 3.05. The van der Waals surface area contributed by atoms with E-state index in [0.717, 1.165) is 19.3 Å². The minimum Gasteiger partial charge on any atom is -0.379 e. The number of nitrogens with zero attached hydrogens (tertiary/aromatic N) is 1. The Morgan fingerprint density at radius 2 is 2.00 bits per heavy atom. The Morgan fingerprint density at radius 1 is 1.29 bits per heavy atom. The lowest BCUT2D eigenvalue weighted by Gasteiger charge is -2.31. The molecule has 134 valence electrons. The number of hydrogen-bond donors (Lipinski definition) is 3. The Kier molecular flexibility index (Phi) is 8.49. The average molecular weight is 357 g/mol. The molecule has 8 heteroatoms. The van der Waals surface area contributed by atoms with E-state index in [1.165, 1.54) is 12.5 Å². The van der Waals surface area contributed by atoms with E-state index >= 15 is 0 Å². The number of para-hydroxylation sites is 2. The van der Waals surface area contributed by atoms with E-state index < -0.39 is 4.92 Å². The van der Waals surface area contributed by atoms with Crippen LogP contribution in [0, 0.1) is 16.0 Å². The molecule has 1 saturated carbocycles. The van der Waals surface area contributed by atoms with Gasteiger partial charge in [0.1, 0.15) is 5.69 Å². The van der Waals surface area contributed by atoms with Gasteiger partial charge in [0, 0.05) is 25.1 Å². The Labute approximate surface area is 147 Å². The van der Waals surface area contributed by atoms with Crippen molar-refractivity contribution in [3.8, 4) is 0 Å². The molecule has 0 radical (unpaired) electrons. The molecular weight excluding hydrogens is 332 g/mol. The highest BCUT2D eigenvalue weighted by molar-refractivity contribution is 5.85. The Morgan fingerprint density at radius 3 is 2.71 bits per heavy atom.